The first kappa shape index (κ1) is 16.7. The molecule has 0 fully saturated rings. The number of ether oxygens (including phenoxy) is 1. The zero-order valence-corrected chi connectivity index (χ0v) is 14.1. The number of nitrogens with zero attached hydrogens (tertiary/aromatic N) is 3. The Kier molecular flexibility index (Phi) is 4.79. The molecule has 0 saturated carbocycles. The van der Waals surface area contributed by atoms with Gasteiger partial charge in [0.05, 0.1) is 7.11 Å². The Hall–Kier alpha value is -3.15. The zero-order valence-electron chi connectivity index (χ0n) is 14.1. The van der Waals surface area contributed by atoms with Gasteiger partial charge < -0.3 is 9.84 Å². The lowest BCUT2D eigenvalue weighted by molar-refractivity contribution is -0.139. The predicted molar refractivity (Wildman–Crippen MR) is 94.0 cm³/mol. The maximum absolute atomic E-state index is 11.6. The van der Waals surface area contributed by atoms with Crippen molar-refractivity contribution in [3.05, 3.63) is 60.4 Å². The Labute approximate surface area is 145 Å². The van der Waals surface area contributed by atoms with Crippen LogP contribution in [0.2, 0.25) is 0 Å². The van der Waals surface area contributed by atoms with Crippen LogP contribution in [0.1, 0.15) is 25.1 Å². The van der Waals surface area contributed by atoms with E-state index in [0.717, 1.165) is 17.0 Å². The van der Waals surface area contributed by atoms with Crippen molar-refractivity contribution in [3.8, 4) is 22.8 Å². The van der Waals surface area contributed by atoms with Gasteiger partial charge in [-0.1, -0.05) is 25.1 Å². The van der Waals surface area contributed by atoms with Crippen molar-refractivity contribution in [2.45, 2.75) is 19.3 Å². The molecule has 6 heteroatoms. The fraction of sp³-hybridized carbons (Fsp3) is 0.211. The van der Waals surface area contributed by atoms with Gasteiger partial charge in [-0.05, 0) is 42.8 Å². The van der Waals surface area contributed by atoms with E-state index in [0.29, 0.717) is 18.1 Å². The molecular formula is C19H19N3O3. The van der Waals surface area contributed by atoms with Gasteiger partial charge in [-0.3, -0.25) is 9.36 Å². The number of rotatable bonds is 6. The van der Waals surface area contributed by atoms with E-state index in [2.05, 4.69) is 10.2 Å². The van der Waals surface area contributed by atoms with Crippen LogP contribution in [0.3, 0.4) is 0 Å². The Morgan fingerprint density at radius 3 is 2.36 bits per heavy atom. The van der Waals surface area contributed by atoms with Crippen LogP contribution in [0.25, 0.3) is 17.1 Å². The van der Waals surface area contributed by atoms with Gasteiger partial charge in [0.25, 0.3) is 0 Å². The summed E-state index contributed by atoms with van der Waals surface area (Å²) in [7, 11) is 1.61. The smallest absolute Gasteiger partial charge is 0.314 e. The normalized spacial score (nSPS) is 11.9. The van der Waals surface area contributed by atoms with Crippen LogP contribution in [0.15, 0.2) is 54.6 Å². The van der Waals surface area contributed by atoms with E-state index in [1.54, 1.807) is 7.11 Å². The highest BCUT2D eigenvalue weighted by molar-refractivity contribution is 5.75. The molecule has 0 amide bonds. The van der Waals surface area contributed by atoms with Crippen molar-refractivity contribution < 1.29 is 14.6 Å². The summed E-state index contributed by atoms with van der Waals surface area (Å²) in [5, 5.41) is 18.0. The summed E-state index contributed by atoms with van der Waals surface area (Å²) in [5.41, 5.74) is 1.66. The van der Waals surface area contributed by atoms with E-state index in [9.17, 15) is 9.90 Å². The fourth-order valence-corrected chi connectivity index (χ4v) is 2.75. The lowest BCUT2D eigenvalue weighted by Gasteiger charge is -2.14. The number of aliphatic carboxylic acids is 1. The molecule has 0 aliphatic heterocycles. The summed E-state index contributed by atoms with van der Waals surface area (Å²) < 4.78 is 7.00. The van der Waals surface area contributed by atoms with Crippen molar-refractivity contribution in [2.24, 2.45) is 0 Å². The van der Waals surface area contributed by atoms with E-state index in [1.165, 1.54) is 0 Å². The molecule has 0 bridgehead atoms. The summed E-state index contributed by atoms with van der Waals surface area (Å²) in [6, 6.07) is 17.0. The minimum Gasteiger partial charge on any atom is -0.497 e. The topological polar surface area (TPSA) is 77.2 Å². The van der Waals surface area contributed by atoms with Gasteiger partial charge in [-0.2, -0.15) is 0 Å². The third-order valence-corrected chi connectivity index (χ3v) is 4.07. The molecular weight excluding hydrogens is 318 g/mol. The molecule has 3 rings (SSSR count). The Bertz CT molecular complexity index is 857. The van der Waals surface area contributed by atoms with Crippen LogP contribution < -0.4 is 4.74 Å². The Balaban J connectivity index is 2.18. The molecule has 6 nitrogen and oxygen atoms in total. The molecule has 3 aromatic rings. The summed E-state index contributed by atoms with van der Waals surface area (Å²) in [5.74, 6) is 0.135. The van der Waals surface area contributed by atoms with Crippen LogP contribution in [0.5, 0.6) is 5.75 Å². The standard InChI is InChI=1S/C19H19N3O3/c1-3-16(19(23)24)18-21-20-17(13-9-11-15(25-2)12-10-13)22(18)14-7-5-4-6-8-14/h4-12,16H,3H2,1-2H3,(H,23,24). The third kappa shape index (κ3) is 3.24. The number of carbonyl (C=O) groups is 1. The van der Waals surface area contributed by atoms with Crippen molar-refractivity contribution >= 4 is 5.97 Å². The average molecular weight is 337 g/mol. The van der Waals surface area contributed by atoms with Crippen molar-refractivity contribution in [3.63, 3.8) is 0 Å². The van der Waals surface area contributed by atoms with Crippen molar-refractivity contribution in [1.29, 1.82) is 0 Å². The summed E-state index contributed by atoms with van der Waals surface area (Å²) in [6.45, 7) is 1.83. The summed E-state index contributed by atoms with van der Waals surface area (Å²) >= 11 is 0. The number of benzene rings is 2. The minimum atomic E-state index is -0.909. The summed E-state index contributed by atoms with van der Waals surface area (Å²) in [4.78, 5) is 11.6. The second-order valence-electron chi connectivity index (χ2n) is 5.58. The van der Waals surface area contributed by atoms with Crippen molar-refractivity contribution in [1.82, 2.24) is 14.8 Å². The van der Waals surface area contributed by atoms with E-state index < -0.39 is 11.9 Å². The first-order valence-corrected chi connectivity index (χ1v) is 8.03. The van der Waals surface area contributed by atoms with E-state index in [4.69, 9.17) is 4.74 Å². The molecule has 0 aliphatic rings. The van der Waals surface area contributed by atoms with E-state index in [-0.39, 0.29) is 0 Å². The highest BCUT2D eigenvalue weighted by atomic mass is 16.5. The number of carboxylic acid groups (broad SMARTS) is 1. The van der Waals surface area contributed by atoms with Gasteiger partial charge in [0.15, 0.2) is 11.6 Å². The van der Waals surface area contributed by atoms with E-state index in [1.807, 2.05) is 66.1 Å². The van der Waals surface area contributed by atoms with Crippen LogP contribution >= 0.6 is 0 Å². The maximum atomic E-state index is 11.6. The average Bonchev–Trinajstić information content (AvgIpc) is 3.07. The number of aromatic nitrogens is 3. The lowest BCUT2D eigenvalue weighted by Crippen LogP contribution is -2.16. The second kappa shape index (κ2) is 7.17. The second-order valence-corrected chi connectivity index (χ2v) is 5.58. The third-order valence-electron chi connectivity index (χ3n) is 4.07. The predicted octanol–water partition coefficient (Wildman–Crippen LogP) is 3.52. The number of para-hydroxylation sites is 1. The number of carboxylic acids is 1. The minimum absolute atomic E-state index is 0.423. The number of hydrogen-bond acceptors (Lipinski definition) is 4. The molecule has 25 heavy (non-hydrogen) atoms. The molecule has 0 saturated heterocycles. The van der Waals surface area contributed by atoms with Crippen LogP contribution in [0, 0.1) is 0 Å². The van der Waals surface area contributed by atoms with Crippen LogP contribution in [0.4, 0.5) is 0 Å². The first-order chi connectivity index (χ1) is 12.2. The van der Waals surface area contributed by atoms with Gasteiger partial charge in [-0.25, -0.2) is 0 Å². The monoisotopic (exact) mass is 337 g/mol. The fourth-order valence-electron chi connectivity index (χ4n) is 2.75. The van der Waals surface area contributed by atoms with E-state index >= 15 is 0 Å². The molecule has 0 radical (unpaired) electrons. The zero-order chi connectivity index (χ0) is 17.8. The summed E-state index contributed by atoms with van der Waals surface area (Å²) in [6.07, 6.45) is 0.433. The molecule has 0 aliphatic carbocycles. The maximum Gasteiger partial charge on any atom is 0.314 e. The first-order valence-electron chi connectivity index (χ1n) is 8.03. The largest absolute Gasteiger partial charge is 0.497 e. The highest BCUT2D eigenvalue weighted by Gasteiger charge is 2.27. The molecule has 1 aromatic heterocycles. The molecule has 0 spiro atoms. The molecule has 1 heterocycles. The molecule has 2 aromatic carbocycles. The Morgan fingerprint density at radius 2 is 1.80 bits per heavy atom. The van der Waals surface area contributed by atoms with Crippen LogP contribution in [-0.4, -0.2) is 33.0 Å². The molecule has 128 valence electrons. The van der Waals surface area contributed by atoms with Gasteiger partial charge in [0.2, 0.25) is 0 Å². The lowest BCUT2D eigenvalue weighted by atomic mass is 10.1. The van der Waals surface area contributed by atoms with Gasteiger partial charge in [0.1, 0.15) is 11.7 Å². The number of methoxy groups -OCH3 is 1. The van der Waals surface area contributed by atoms with Crippen LogP contribution in [-0.2, 0) is 4.79 Å². The molecule has 1 N–H and O–H groups in total. The van der Waals surface area contributed by atoms with Gasteiger partial charge >= 0.3 is 5.97 Å². The van der Waals surface area contributed by atoms with Gasteiger partial charge in [0, 0.05) is 11.3 Å². The highest BCUT2D eigenvalue weighted by Crippen LogP contribution is 2.29. The SMILES string of the molecule is CCC(C(=O)O)c1nnc(-c2ccc(OC)cc2)n1-c1ccccc1. The molecule has 1 unspecified atom stereocenters. The Morgan fingerprint density at radius 1 is 1.12 bits per heavy atom. The van der Waals surface area contributed by atoms with Gasteiger partial charge in [-0.15, -0.1) is 10.2 Å². The quantitative estimate of drug-likeness (QED) is 0.744. The van der Waals surface area contributed by atoms with Crippen molar-refractivity contribution in [2.75, 3.05) is 7.11 Å². The number of hydrogen-bond donors (Lipinski definition) is 1. The molecule has 1 atom stereocenters.